The number of aryl methyl sites for hydroxylation is 1. The summed E-state index contributed by atoms with van der Waals surface area (Å²) < 4.78 is 29.8. The molecule has 1 heterocycles. The van der Waals surface area contributed by atoms with Gasteiger partial charge < -0.3 is 9.50 Å². The maximum Gasteiger partial charge on any atom is 0.339 e. The lowest BCUT2D eigenvalue weighted by molar-refractivity contribution is -0.118. The van der Waals surface area contributed by atoms with Gasteiger partial charge in [0.05, 0.1) is 11.5 Å². The number of carbonyl (C=O) groups excluding carboxylic acids is 1. The molecule has 0 spiro atoms. The van der Waals surface area contributed by atoms with Crippen molar-refractivity contribution in [2.75, 3.05) is 0 Å². The summed E-state index contributed by atoms with van der Waals surface area (Å²) in [7, 11) is -3.89. The Labute approximate surface area is 180 Å². The molecule has 30 heavy (non-hydrogen) atoms. The summed E-state index contributed by atoms with van der Waals surface area (Å²) in [5.74, 6) is 0.176. The Bertz CT molecular complexity index is 1050. The Kier molecular flexibility index (Phi) is 7.28. The van der Waals surface area contributed by atoms with E-state index >= 15 is 0 Å². The van der Waals surface area contributed by atoms with E-state index in [1.807, 2.05) is 6.92 Å². The molecule has 0 saturated carbocycles. The maximum atomic E-state index is 12.3. The van der Waals surface area contributed by atoms with E-state index in [-0.39, 0.29) is 21.8 Å². The van der Waals surface area contributed by atoms with Gasteiger partial charge >= 0.3 is 10.1 Å². The van der Waals surface area contributed by atoms with Crippen molar-refractivity contribution < 1.29 is 17.4 Å². The van der Waals surface area contributed by atoms with Crippen LogP contribution in [0, 0.1) is 6.92 Å². The predicted molar refractivity (Wildman–Crippen MR) is 120 cm³/mol. The fourth-order valence-corrected chi connectivity index (χ4v) is 4.57. The number of carbonyl (C=O) groups is 1. The summed E-state index contributed by atoms with van der Waals surface area (Å²) in [6.45, 7) is 3.97. The van der Waals surface area contributed by atoms with Crippen LogP contribution in [0.5, 0.6) is 5.75 Å². The Morgan fingerprint density at radius 1 is 1.13 bits per heavy atom. The first-order valence-corrected chi connectivity index (χ1v) is 11.9. The van der Waals surface area contributed by atoms with Crippen LogP contribution in [-0.4, -0.2) is 31.0 Å². The van der Waals surface area contributed by atoms with Crippen LogP contribution in [0.3, 0.4) is 0 Å². The zero-order valence-corrected chi connectivity index (χ0v) is 18.4. The molecule has 158 valence electrons. The minimum atomic E-state index is -3.89. The quantitative estimate of drug-likeness (QED) is 0.378. The lowest BCUT2D eigenvalue weighted by Crippen LogP contribution is -2.24. The van der Waals surface area contributed by atoms with E-state index in [4.69, 9.17) is 4.18 Å². The van der Waals surface area contributed by atoms with E-state index in [0.29, 0.717) is 5.17 Å². The second kappa shape index (κ2) is 9.90. The third kappa shape index (κ3) is 5.93. The summed E-state index contributed by atoms with van der Waals surface area (Å²) in [6.07, 6.45) is 4.39. The Balaban J connectivity index is 1.59. The van der Waals surface area contributed by atoms with Crippen molar-refractivity contribution in [1.29, 1.82) is 0 Å². The summed E-state index contributed by atoms with van der Waals surface area (Å²) in [4.78, 5) is 12.0. The monoisotopic (exact) mass is 445 g/mol. The van der Waals surface area contributed by atoms with Gasteiger partial charge in [-0.15, -0.1) is 5.10 Å². The molecule has 1 N–H and O–H groups in total. The molecule has 0 aliphatic carbocycles. The van der Waals surface area contributed by atoms with Gasteiger partial charge in [0.2, 0.25) is 5.91 Å². The molecule has 1 aliphatic rings. The highest BCUT2D eigenvalue weighted by atomic mass is 32.2. The molecular weight excluding hydrogens is 422 g/mol. The Hall–Kier alpha value is -2.65. The van der Waals surface area contributed by atoms with Crippen LogP contribution in [0.25, 0.3) is 0 Å². The second-order valence-corrected chi connectivity index (χ2v) is 9.54. The van der Waals surface area contributed by atoms with Gasteiger partial charge in [-0.05, 0) is 55.3 Å². The van der Waals surface area contributed by atoms with Gasteiger partial charge in [-0.25, -0.2) is 0 Å². The van der Waals surface area contributed by atoms with Gasteiger partial charge in [0, 0.05) is 0 Å². The van der Waals surface area contributed by atoms with Crippen molar-refractivity contribution in [3.8, 4) is 5.75 Å². The normalized spacial score (nSPS) is 18.1. The third-order valence-electron chi connectivity index (χ3n) is 4.35. The van der Waals surface area contributed by atoms with Gasteiger partial charge in [0.25, 0.3) is 0 Å². The molecule has 2 aromatic rings. The Morgan fingerprint density at radius 2 is 1.83 bits per heavy atom. The van der Waals surface area contributed by atoms with Crippen LogP contribution in [0.4, 0.5) is 0 Å². The number of thioether (sulfide) groups is 1. The van der Waals surface area contributed by atoms with Gasteiger partial charge in [-0.1, -0.05) is 49.2 Å². The van der Waals surface area contributed by atoms with Crippen LogP contribution in [0.1, 0.15) is 37.3 Å². The van der Waals surface area contributed by atoms with Crippen molar-refractivity contribution >= 4 is 39.2 Å². The molecule has 2 aromatic carbocycles. The zero-order chi connectivity index (χ0) is 21.6. The maximum absolute atomic E-state index is 12.3. The van der Waals surface area contributed by atoms with E-state index in [1.165, 1.54) is 30.1 Å². The van der Waals surface area contributed by atoms with E-state index in [2.05, 4.69) is 22.4 Å². The number of amides is 1. The number of nitrogens with zero attached hydrogens (tertiary/aromatic N) is 2. The minimum absolute atomic E-state index is 0.0290. The fraction of sp³-hybridized carbons (Fsp3) is 0.286. The van der Waals surface area contributed by atoms with Crippen molar-refractivity contribution in [2.45, 2.75) is 43.3 Å². The fourth-order valence-electron chi connectivity index (χ4n) is 2.67. The smallest absolute Gasteiger partial charge is 0.339 e. The van der Waals surface area contributed by atoms with E-state index in [1.54, 1.807) is 36.4 Å². The van der Waals surface area contributed by atoms with Crippen LogP contribution in [0.15, 0.2) is 63.6 Å². The molecular formula is C21H23N3O4S2. The second-order valence-electron chi connectivity index (χ2n) is 6.81. The van der Waals surface area contributed by atoms with Gasteiger partial charge in [0.15, 0.2) is 5.17 Å². The van der Waals surface area contributed by atoms with Gasteiger partial charge in [-0.3, -0.25) is 4.79 Å². The summed E-state index contributed by atoms with van der Waals surface area (Å²) in [5, 5.41) is 11.2. The SMILES string of the molecule is CCCC[C@@H]1S/C(=N\N=C/c2ccc(OS(=O)(=O)c3ccc(C)cc3)cc2)NC1=O. The molecule has 9 heteroatoms. The summed E-state index contributed by atoms with van der Waals surface area (Å²) >= 11 is 1.39. The molecule has 1 aliphatic heterocycles. The highest BCUT2D eigenvalue weighted by Gasteiger charge is 2.29. The highest BCUT2D eigenvalue weighted by molar-refractivity contribution is 8.15. The first-order valence-electron chi connectivity index (χ1n) is 9.57. The Morgan fingerprint density at radius 3 is 2.50 bits per heavy atom. The topological polar surface area (TPSA) is 97.2 Å². The average molecular weight is 446 g/mol. The van der Waals surface area contributed by atoms with Crippen molar-refractivity contribution in [3.63, 3.8) is 0 Å². The van der Waals surface area contributed by atoms with Crippen LogP contribution >= 0.6 is 11.8 Å². The van der Waals surface area contributed by atoms with Crippen LogP contribution in [0.2, 0.25) is 0 Å². The van der Waals surface area contributed by atoms with Crippen molar-refractivity contribution in [1.82, 2.24) is 5.32 Å². The lowest BCUT2D eigenvalue weighted by atomic mass is 10.2. The number of rotatable bonds is 8. The highest BCUT2D eigenvalue weighted by Crippen LogP contribution is 2.24. The van der Waals surface area contributed by atoms with E-state index < -0.39 is 10.1 Å². The molecule has 1 atom stereocenters. The summed E-state index contributed by atoms with van der Waals surface area (Å²) in [5.41, 5.74) is 1.68. The summed E-state index contributed by atoms with van der Waals surface area (Å²) in [6, 6.07) is 12.9. The van der Waals surface area contributed by atoms with E-state index in [9.17, 15) is 13.2 Å². The first kappa shape index (κ1) is 22.0. The largest absolute Gasteiger partial charge is 0.379 e. The molecule has 7 nitrogen and oxygen atoms in total. The van der Waals surface area contributed by atoms with Gasteiger partial charge in [-0.2, -0.15) is 13.5 Å². The van der Waals surface area contributed by atoms with Gasteiger partial charge in [0.1, 0.15) is 10.6 Å². The van der Waals surface area contributed by atoms with Crippen LogP contribution < -0.4 is 9.50 Å². The molecule has 0 aromatic heterocycles. The van der Waals surface area contributed by atoms with Crippen molar-refractivity contribution in [3.05, 3.63) is 59.7 Å². The molecule has 0 radical (unpaired) electrons. The number of hydrogen-bond acceptors (Lipinski definition) is 7. The number of unbranched alkanes of at least 4 members (excludes halogenated alkanes) is 1. The van der Waals surface area contributed by atoms with Crippen LogP contribution in [-0.2, 0) is 14.9 Å². The number of benzene rings is 2. The van der Waals surface area contributed by atoms with E-state index in [0.717, 1.165) is 30.4 Å². The molecule has 0 bridgehead atoms. The minimum Gasteiger partial charge on any atom is -0.379 e. The third-order valence-corrected chi connectivity index (χ3v) is 6.75. The molecule has 1 fully saturated rings. The predicted octanol–water partition coefficient (Wildman–Crippen LogP) is 3.87. The first-order chi connectivity index (χ1) is 14.4. The molecule has 3 rings (SSSR count). The number of amidine groups is 1. The lowest BCUT2D eigenvalue weighted by Gasteiger charge is -2.07. The molecule has 1 saturated heterocycles. The standard InChI is InChI=1S/C21H23N3O4S2/c1-3-4-5-19-20(25)23-21(29-19)24-22-14-16-8-10-17(11-9-16)28-30(26,27)18-12-6-15(2)7-13-18/h6-14,19H,3-5H2,1-2H3,(H,23,24,25)/b22-14-/t19-/m0/s1. The number of nitrogens with one attached hydrogen (secondary N) is 1. The molecule has 0 unspecified atom stereocenters. The molecule has 1 amide bonds. The zero-order valence-electron chi connectivity index (χ0n) is 16.7. The average Bonchev–Trinajstić information content (AvgIpc) is 3.07. The van der Waals surface area contributed by atoms with Crippen molar-refractivity contribution in [2.24, 2.45) is 10.2 Å². The number of hydrogen-bond donors (Lipinski definition) is 1.